The largest absolute Gasteiger partial charge is 0.478 e. The van der Waals surface area contributed by atoms with Crippen molar-refractivity contribution >= 4 is 35.1 Å². The lowest BCUT2D eigenvalue weighted by molar-refractivity contribution is -0.165. The smallest absolute Gasteiger partial charge is 0.336 e. The number of rotatable bonds is 5. The highest BCUT2D eigenvalue weighted by Crippen LogP contribution is 2.30. The van der Waals surface area contributed by atoms with E-state index in [1.807, 2.05) is 13.8 Å². The molecule has 2 N–H and O–H groups in total. The van der Waals surface area contributed by atoms with Crippen LogP contribution in [0.25, 0.3) is 0 Å². The number of halogens is 1. The van der Waals surface area contributed by atoms with Crippen molar-refractivity contribution < 1.29 is 24.3 Å². The zero-order valence-corrected chi connectivity index (χ0v) is 17.0. The van der Waals surface area contributed by atoms with Crippen LogP contribution in [-0.2, 0) is 16.2 Å². The first kappa shape index (κ1) is 20.8. The molecule has 2 amide bonds. The summed E-state index contributed by atoms with van der Waals surface area (Å²) in [5.41, 5.74) is 1.26. The third-order valence-electron chi connectivity index (χ3n) is 4.66. The maximum atomic E-state index is 12.6. The predicted octanol–water partition coefficient (Wildman–Crippen LogP) is 3.90. The number of carbonyl (C=O) groups excluding carboxylic acids is 2. The molecule has 2 aromatic carbocycles. The van der Waals surface area contributed by atoms with Gasteiger partial charge in [0.1, 0.15) is 0 Å². The summed E-state index contributed by atoms with van der Waals surface area (Å²) in [5, 5.41) is 13.6. The normalized spacial score (nSPS) is 15.4. The highest BCUT2D eigenvalue weighted by molar-refractivity contribution is 6.31. The van der Waals surface area contributed by atoms with Crippen LogP contribution in [-0.4, -0.2) is 34.6 Å². The summed E-state index contributed by atoms with van der Waals surface area (Å²) in [6.07, 6.45) is 0. The van der Waals surface area contributed by atoms with E-state index in [4.69, 9.17) is 16.4 Å². The maximum Gasteiger partial charge on any atom is 0.336 e. The number of hydroxylamine groups is 2. The van der Waals surface area contributed by atoms with Crippen LogP contribution in [0.1, 0.15) is 45.7 Å². The lowest BCUT2D eigenvalue weighted by Gasteiger charge is -2.17. The number of carboxylic acids is 1. The van der Waals surface area contributed by atoms with Gasteiger partial charge in [0.2, 0.25) is 0 Å². The molecule has 8 heteroatoms. The molecule has 29 heavy (non-hydrogen) atoms. The summed E-state index contributed by atoms with van der Waals surface area (Å²) in [4.78, 5) is 41.7. The minimum absolute atomic E-state index is 0.0657. The number of amides is 2. The van der Waals surface area contributed by atoms with Crippen LogP contribution in [0.5, 0.6) is 0 Å². The minimum Gasteiger partial charge on any atom is -0.478 e. The van der Waals surface area contributed by atoms with Gasteiger partial charge in [-0.15, -0.1) is 0 Å². The van der Waals surface area contributed by atoms with E-state index in [0.29, 0.717) is 22.9 Å². The van der Waals surface area contributed by atoms with E-state index in [2.05, 4.69) is 5.32 Å². The van der Waals surface area contributed by atoms with Crippen molar-refractivity contribution in [1.82, 2.24) is 5.06 Å². The van der Waals surface area contributed by atoms with Crippen LogP contribution in [0.4, 0.5) is 5.69 Å². The Balaban J connectivity index is 1.76. The Morgan fingerprint density at radius 3 is 2.52 bits per heavy atom. The first-order valence-electron chi connectivity index (χ1n) is 8.97. The summed E-state index contributed by atoms with van der Waals surface area (Å²) in [7, 11) is 0. The van der Waals surface area contributed by atoms with Gasteiger partial charge in [0.05, 0.1) is 29.7 Å². The molecule has 0 spiro atoms. The Kier molecular flexibility index (Phi) is 5.64. The molecule has 152 valence electrons. The Morgan fingerprint density at radius 1 is 1.21 bits per heavy atom. The lowest BCUT2D eigenvalue weighted by atomic mass is 9.95. The van der Waals surface area contributed by atoms with Gasteiger partial charge in [-0.1, -0.05) is 29.3 Å². The van der Waals surface area contributed by atoms with Gasteiger partial charge in [0.25, 0.3) is 11.8 Å². The summed E-state index contributed by atoms with van der Waals surface area (Å²) in [6.45, 7) is 5.89. The van der Waals surface area contributed by atoms with E-state index in [1.54, 1.807) is 31.2 Å². The van der Waals surface area contributed by atoms with E-state index < -0.39 is 17.3 Å². The Labute approximate surface area is 173 Å². The van der Waals surface area contributed by atoms with Gasteiger partial charge in [0, 0.05) is 10.7 Å². The molecule has 2 aromatic rings. The zero-order chi connectivity index (χ0) is 21.3. The fourth-order valence-electron chi connectivity index (χ4n) is 2.95. The first-order valence-corrected chi connectivity index (χ1v) is 9.35. The van der Waals surface area contributed by atoms with Crippen LogP contribution in [0.2, 0.25) is 5.02 Å². The highest BCUT2D eigenvalue weighted by atomic mass is 35.5. The van der Waals surface area contributed by atoms with Crippen LogP contribution < -0.4 is 5.32 Å². The number of hydrogen-bond acceptors (Lipinski definition) is 4. The molecule has 1 aliphatic rings. The van der Waals surface area contributed by atoms with Crippen molar-refractivity contribution in [2.75, 3.05) is 11.9 Å². The van der Waals surface area contributed by atoms with E-state index in [0.717, 1.165) is 5.56 Å². The van der Waals surface area contributed by atoms with Gasteiger partial charge in [-0.2, -0.15) is 0 Å². The van der Waals surface area contributed by atoms with Crippen molar-refractivity contribution in [2.24, 2.45) is 5.41 Å². The molecule has 0 aromatic heterocycles. The summed E-state index contributed by atoms with van der Waals surface area (Å²) >= 11 is 6.32. The van der Waals surface area contributed by atoms with E-state index in [9.17, 15) is 19.5 Å². The number of aromatic carboxylic acids is 1. The molecular formula is C21H21ClN2O5. The summed E-state index contributed by atoms with van der Waals surface area (Å²) < 4.78 is 0. The Hall–Kier alpha value is -2.90. The van der Waals surface area contributed by atoms with Gasteiger partial charge in [-0.05, 0) is 50.6 Å². The zero-order valence-electron chi connectivity index (χ0n) is 16.3. The van der Waals surface area contributed by atoms with Crippen LogP contribution >= 0.6 is 11.6 Å². The van der Waals surface area contributed by atoms with Gasteiger partial charge in [-0.3, -0.25) is 14.4 Å². The average Bonchev–Trinajstić information content (AvgIpc) is 2.90. The number of nitrogens with zero attached hydrogens (tertiary/aromatic N) is 1. The van der Waals surface area contributed by atoms with Crippen LogP contribution in [0, 0.1) is 12.3 Å². The van der Waals surface area contributed by atoms with Gasteiger partial charge in [0.15, 0.2) is 0 Å². The molecule has 0 saturated carbocycles. The lowest BCUT2D eigenvalue weighted by Crippen LogP contribution is -2.30. The second-order valence-corrected chi connectivity index (χ2v) is 8.02. The number of anilines is 1. The van der Waals surface area contributed by atoms with Gasteiger partial charge in [-0.25, -0.2) is 9.86 Å². The van der Waals surface area contributed by atoms with Gasteiger partial charge >= 0.3 is 5.97 Å². The number of carboxylic acid groups (broad SMARTS) is 1. The number of carbonyl (C=O) groups is 3. The molecule has 0 atom stereocenters. The third kappa shape index (κ3) is 4.41. The Bertz CT molecular complexity index is 1000. The molecule has 1 saturated heterocycles. The highest BCUT2D eigenvalue weighted by Gasteiger charge is 2.40. The van der Waals surface area contributed by atoms with Crippen LogP contribution in [0.15, 0.2) is 36.4 Å². The molecule has 1 aliphatic heterocycles. The number of aryl methyl sites for hydroxylation is 1. The average molecular weight is 417 g/mol. The summed E-state index contributed by atoms with van der Waals surface area (Å²) in [6, 6.07) is 9.44. The summed E-state index contributed by atoms with van der Waals surface area (Å²) in [5.74, 6) is -1.84. The topological polar surface area (TPSA) is 95.9 Å². The van der Waals surface area contributed by atoms with Crippen molar-refractivity contribution in [2.45, 2.75) is 27.3 Å². The van der Waals surface area contributed by atoms with E-state index in [-0.39, 0.29) is 23.6 Å². The molecular weight excluding hydrogens is 396 g/mol. The number of hydrogen-bond donors (Lipinski definition) is 2. The standard InChI is InChI=1S/C21H21ClN2O5/c1-12-4-7-15(19(26)27)16(8-12)18(25)23-14-6-5-13(17(22)9-14)10-24-20(28)21(2,3)11-29-24/h4-9H,10-11H2,1-3H3,(H,23,25)(H,26,27). The second kappa shape index (κ2) is 7.85. The van der Waals surface area contributed by atoms with Crippen molar-refractivity contribution in [3.63, 3.8) is 0 Å². The fraction of sp³-hybridized carbons (Fsp3) is 0.286. The predicted molar refractivity (Wildman–Crippen MR) is 108 cm³/mol. The van der Waals surface area contributed by atoms with Crippen molar-refractivity contribution in [3.05, 3.63) is 63.7 Å². The van der Waals surface area contributed by atoms with E-state index >= 15 is 0 Å². The second-order valence-electron chi connectivity index (χ2n) is 7.61. The molecule has 0 bridgehead atoms. The Morgan fingerprint density at radius 2 is 1.93 bits per heavy atom. The van der Waals surface area contributed by atoms with Gasteiger partial charge < -0.3 is 10.4 Å². The van der Waals surface area contributed by atoms with Crippen LogP contribution in [0.3, 0.4) is 0 Å². The van der Waals surface area contributed by atoms with Crippen molar-refractivity contribution in [3.8, 4) is 0 Å². The molecule has 0 radical (unpaired) electrons. The quantitative estimate of drug-likeness (QED) is 0.770. The third-order valence-corrected chi connectivity index (χ3v) is 5.01. The van der Waals surface area contributed by atoms with Crippen molar-refractivity contribution in [1.29, 1.82) is 0 Å². The minimum atomic E-state index is -1.18. The first-order chi connectivity index (χ1) is 13.6. The molecule has 7 nitrogen and oxygen atoms in total. The molecule has 3 rings (SSSR count). The molecule has 0 aliphatic carbocycles. The SMILES string of the molecule is Cc1ccc(C(=O)O)c(C(=O)Nc2ccc(CN3OCC(C)(C)C3=O)c(Cl)c2)c1. The number of benzene rings is 2. The maximum absolute atomic E-state index is 12.6. The van der Waals surface area contributed by atoms with E-state index in [1.165, 1.54) is 17.2 Å². The monoisotopic (exact) mass is 416 g/mol. The number of nitrogens with one attached hydrogen (secondary N) is 1. The molecule has 0 unspecified atom stereocenters. The molecule has 1 fully saturated rings. The fourth-order valence-corrected chi connectivity index (χ4v) is 3.19. The molecule has 1 heterocycles.